The van der Waals surface area contributed by atoms with Gasteiger partial charge in [0.15, 0.2) is 0 Å². The number of hydrogen-bond acceptors (Lipinski definition) is 2. The van der Waals surface area contributed by atoms with Gasteiger partial charge in [-0.3, -0.25) is 4.68 Å². The lowest BCUT2D eigenvalue weighted by Crippen LogP contribution is -1.99. The van der Waals surface area contributed by atoms with E-state index < -0.39 is 0 Å². The molecule has 1 aromatic heterocycles. The van der Waals surface area contributed by atoms with Gasteiger partial charge in [0, 0.05) is 19.3 Å². The highest BCUT2D eigenvalue weighted by molar-refractivity contribution is 5.37. The van der Waals surface area contributed by atoms with E-state index in [1.54, 1.807) is 0 Å². The Balaban J connectivity index is 2.31. The van der Waals surface area contributed by atoms with Crippen molar-refractivity contribution in [3.63, 3.8) is 0 Å². The molecule has 0 spiro atoms. The molecule has 0 aliphatic rings. The van der Waals surface area contributed by atoms with Crippen molar-refractivity contribution >= 4 is 5.69 Å². The summed E-state index contributed by atoms with van der Waals surface area (Å²) in [7, 11) is 0. The lowest BCUT2D eigenvalue weighted by atomic mass is 10.3. The highest BCUT2D eigenvalue weighted by Crippen LogP contribution is 2.04. The molecule has 0 saturated carbocycles. The first kappa shape index (κ1) is 9.10. The van der Waals surface area contributed by atoms with Crippen LogP contribution in [0.1, 0.15) is 26.7 Å². The number of aromatic nitrogens is 2. The fraction of sp³-hybridized carbons (Fsp3) is 0.667. The van der Waals surface area contributed by atoms with E-state index in [9.17, 15) is 0 Å². The van der Waals surface area contributed by atoms with Crippen LogP contribution in [0, 0.1) is 0 Å². The van der Waals surface area contributed by atoms with Gasteiger partial charge in [0.05, 0.1) is 11.9 Å². The molecule has 0 saturated heterocycles. The van der Waals surface area contributed by atoms with Gasteiger partial charge in [-0.25, -0.2) is 0 Å². The molecule has 1 rings (SSSR count). The van der Waals surface area contributed by atoms with Crippen LogP contribution in [0.15, 0.2) is 12.4 Å². The molecule has 3 heteroatoms. The number of nitrogens with one attached hydrogen (secondary N) is 1. The summed E-state index contributed by atoms with van der Waals surface area (Å²) in [5, 5.41) is 7.48. The number of hydrogen-bond donors (Lipinski definition) is 1. The molecular weight excluding hydrogens is 150 g/mol. The lowest BCUT2D eigenvalue weighted by Gasteiger charge is -1.99. The van der Waals surface area contributed by atoms with E-state index in [1.807, 2.05) is 17.1 Å². The van der Waals surface area contributed by atoms with Crippen LogP contribution in [0.5, 0.6) is 0 Å². The monoisotopic (exact) mass is 167 g/mol. The van der Waals surface area contributed by atoms with Gasteiger partial charge in [-0.05, 0) is 13.3 Å². The second-order valence-electron chi connectivity index (χ2n) is 2.87. The first-order chi connectivity index (χ1) is 5.86. The Kier molecular flexibility index (Phi) is 3.64. The summed E-state index contributed by atoms with van der Waals surface area (Å²) in [6, 6.07) is 0. The topological polar surface area (TPSA) is 29.9 Å². The SMILES string of the molecule is CCCCNc1cnn(CC)c1. The molecule has 12 heavy (non-hydrogen) atoms. The Morgan fingerprint density at radius 2 is 2.33 bits per heavy atom. The van der Waals surface area contributed by atoms with Crippen molar-refractivity contribution in [3.05, 3.63) is 12.4 Å². The summed E-state index contributed by atoms with van der Waals surface area (Å²) in [6.45, 7) is 6.27. The van der Waals surface area contributed by atoms with Crippen molar-refractivity contribution in [3.8, 4) is 0 Å². The standard InChI is InChI=1S/C9H17N3/c1-3-5-6-10-9-7-11-12(4-2)8-9/h7-8,10H,3-6H2,1-2H3. The molecule has 3 nitrogen and oxygen atoms in total. The summed E-state index contributed by atoms with van der Waals surface area (Å²) < 4.78 is 1.92. The fourth-order valence-electron chi connectivity index (χ4n) is 1.04. The summed E-state index contributed by atoms with van der Waals surface area (Å²) in [5.41, 5.74) is 1.13. The molecule has 0 unspecified atom stereocenters. The van der Waals surface area contributed by atoms with Gasteiger partial charge in [-0.2, -0.15) is 5.10 Å². The van der Waals surface area contributed by atoms with E-state index in [-0.39, 0.29) is 0 Å². The number of unbranched alkanes of at least 4 members (excludes halogenated alkanes) is 1. The maximum atomic E-state index is 4.17. The third kappa shape index (κ3) is 2.57. The van der Waals surface area contributed by atoms with Crippen molar-refractivity contribution in [2.24, 2.45) is 0 Å². The van der Waals surface area contributed by atoms with Gasteiger partial charge in [0.1, 0.15) is 0 Å². The molecular formula is C9H17N3. The van der Waals surface area contributed by atoms with Gasteiger partial charge in [-0.1, -0.05) is 13.3 Å². The van der Waals surface area contributed by atoms with E-state index >= 15 is 0 Å². The third-order valence-corrected chi connectivity index (χ3v) is 1.82. The first-order valence-corrected chi connectivity index (χ1v) is 4.63. The van der Waals surface area contributed by atoms with E-state index in [2.05, 4.69) is 24.3 Å². The minimum Gasteiger partial charge on any atom is -0.383 e. The van der Waals surface area contributed by atoms with Crippen LogP contribution < -0.4 is 5.32 Å². The van der Waals surface area contributed by atoms with Gasteiger partial charge >= 0.3 is 0 Å². The summed E-state index contributed by atoms with van der Waals surface area (Å²) >= 11 is 0. The van der Waals surface area contributed by atoms with Crippen LogP contribution in [0.4, 0.5) is 5.69 Å². The van der Waals surface area contributed by atoms with Crippen LogP contribution in [-0.2, 0) is 6.54 Å². The van der Waals surface area contributed by atoms with Crippen molar-refractivity contribution in [2.45, 2.75) is 33.2 Å². The average Bonchev–Trinajstić information content (AvgIpc) is 2.53. The normalized spacial score (nSPS) is 10.2. The Morgan fingerprint density at radius 1 is 1.50 bits per heavy atom. The molecule has 1 heterocycles. The van der Waals surface area contributed by atoms with Crippen LogP contribution in [-0.4, -0.2) is 16.3 Å². The zero-order valence-electron chi connectivity index (χ0n) is 7.88. The van der Waals surface area contributed by atoms with Crippen LogP contribution in [0.2, 0.25) is 0 Å². The van der Waals surface area contributed by atoms with E-state index in [0.29, 0.717) is 0 Å². The number of nitrogens with zero attached hydrogens (tertiary/aromatic N) is 2. The molecule has 0 aliphatic heterocycles. The summed E-state index contributed by atoms with van der Waals surface area (Å²) in [6.07, 6.45) is 6.36. The highest BCUT2D eigenvalue weighted by Gasteiger charge is 1.94. The van der Waals surface area contributed by atoms with Crippen molar-refractivity contribution in [2.75, 3.05) is 11.9 Å². The van der Waals surface area contributed by atoms with Crippen LogP contribution >= 0.6 is 0 Å². The molecule has 0 bridgehead atoms. The van der Waals surface area contributed by atoms with Gasteiger partial charge < -0.3 is 5.32 Å². The second kappa shape index (κ2) is 4.80. The molecule has 1 aromatic rings. The van der Waals surface area contributed by atoms with Crippen molar-refractivity contribution in [1.29, 1.82) is 0 Å². The Morgan fingerprint density at radius 3 is 2.92 bits per heavy atom. The Hall–Kier alpha value is -0.990. The minimum absolute atomic E-state index is 0.940. The van der Waals surface area contributed by atoms with Crippen molar-refractivity contribution < 1.29 is 0 Å². The van der Waals surface area contributed by atoms with E-state index in [4.69, 9.17) is 0 Å². The van der Waals surface area contributed by atoms with Gasteiger partial charge in [-0.15, -0.1) is 0 Å². The largest absolute Gasteiger partial charge is 0.383 e. The predicted octanol–water partition coefficient (Wildman–Crippen LogP) is 2.12. The molecule has 0 radical (unpaired) electrons. The first-order valence-electron chi connectivity index (χ1n) is 4.63. The smallest absolute Gasteiger partial charge is 0.0726 e. The molecule has 0 aromatic carbocycles. The quantitative estimate of drug-likeness (QED) is 0.681. The molecule has 0 aliphatic carbocycles. The molecule has 68 valence electrons. The summed E-state index contributed by atoms with van der Waals surface area (Å²) in [4.78, 5) is 0. The zero-order valence-corrected chi connectivity index (χ0v) is 7.88. The predicted molar refractivity (Wildman–Crippen MR) is 51.3 cm³/mol. The minimum atomic E-state index is 0.940. The average molecular weight is 167 g/mol. The fourth-order valence-corrected chi connectivity index (χ4v) is 1.04. The highest BCUT2D eigenvalue weighted by atomic mass is 15.3. The third-order valence-electron chi connectivity index (χ3n) is 1.82. The lowest BCUT2D eigenvalue weighted by molar-refractivity contribution is 0.660. The van der Waals surface area contributed by atoms with Gasteiger partial charge in [0.25, 0.3) is 0 Å². The Labute approximate surface area is 73.8 Å². The van der Waals surface area contributed by atoms with Gasteiger partial charge in [0.2, 0.25) is 0 Å². The molecule has 1 N–H and O–H groups in total. The zero-order chi connectivity index (χ0) is 8.81. The van der Waals surface area contributed by atoms with Crippen molar-refractivity contribution in [1.82, 2.24) is 9.78 Å². The number of anilines is 1. The maximum absolute atomic E-state index is 4.17. The molecule has 0 atom stereocenters. The summed E-state index contributed by atoms with van der Waals surface area (Å²) in [5.74, 6) is 0. The second-order valence-corrected chi connectivity index (χ2v) is 2.87. The van der Waals surface area contributed by atoms with E-state index in [0.717, 1.165) is 18.8 Å². The van der Waals surface area contributed by atoms with Crippen LogP contribution in [0.3, 0.4) is 0 Å². The molecule has 0 amide bonds. The number of aryl methyl sites for hydroxylation is 1. The maximum Gasteiger partial charge on any atom is 0.0726 e. The van der Waals surface area contributed by atoms with Crippen LogP contribution in [0.25, 0.3) is 0 Å². The Bertz CT molecular complexity index is 217. The van der Waals surface area contributed by atoms with E-state index in [1.165, 1.54) is 12.8 Å². The number of rotatable bonds is 5. The molecule has 0 fully saturated rings.